The minimum absolute atomic E-state index is 0.0365. The molecule has 0 spiro atoms. The Morgan fingerprint density at radius 1 is 1.30 bits per heavy atom. The van der Waals surface area contributed by atoms with Gasteiger partial charge in [0.25, 0.3) is 0 Å². The van der Waals surface area contributed by atoms with E-state index in [1.807, 2.05) is 24.0 Å². The molecule has 2 amide bonds. The van der Waals surface area contributed by atoms with E-state index in [0.29, 0.717) is 26.3 Å². The van der Waals surface area contributed by atoms with Crippen LogP contribution in [0, 0.1) is 0 Å². The zero-order valence-corrected chi connectivity index (χ0v) is 13.5. The highest BCUT2D eigenvalue weighted by molar-refractivity contribution is 5.74. The van der Waals surface area contributed by atoms with Crippen LogP contribution in [-0.4, -0.2) is 68.0 Å². The van der Waals surface area contributed by atoms with Crippen molar-refractivity contribution in [3.63, 3.8) is 0 Å². The lowest BCUT2D eigenvalue weighted by molar-refractivity contribution is 0.0190. The van der Waals surface area contributed by atoms with Gasteiger partial charge in [0.1, 0.15) is 5.82 Å². The third-order valence-corrected chi connectivity index (χ3v) is 4.22. The third-order valence-electron chi connectivity index (χ3n) is 4.22. The first kappa shape index (κ1) is 16.0. The Morgan fingerprint density at radius 3 is 2.87 bits per heavy atom. The standard InChI is InChI=1S/C16H24N4O3/c1-13-12-23-9-6-20(13)16(21)18-11-14-2-3-17-15(10-14)19-4-7-22-8-5-19/h2-3,10,13H,4-9,11-12H2,1H3,(H,18,21)/t13-/m1/s1. The molecule has 3 rings (SSSR count). The fourth-order valence-electron chi connectivity index (χ4n) is 2.84. The van der Waals surface area contributed by atoms with Crippen LogP contribution in [0.2, 0.25) is 0 Å². The van der Waals surface area contributed by atoms with E-state index in [1.54, 1.807) is 6.20 Å². The minimum Gasteiger partial charge on any atom is -0.378 e. The molecule has 0 aromatic carbocycles. The smallest absolute Gasteiger partial charge is 0.318 e. The first-order valence-corrected chi connectivity index (χ1v) is 8.14. The Bertz CT molecular complexity index is 534. The molecule has 1 atom stereocenters. The van der Waals surface area contributed by atoms with Crippen molar-refractivity contribution in [2.75, 3.05) is 51.0 Å². The molecule has 23 heavy (non-hydrogen) atoms. The van der Waals surface area contributed by atoms with Crippen LogP contribution in [0.4, 0.5) is 10.6 Å². The van der Waals surface area contributed by atoms with E-state index in [1.165, 1.54) is 0 Å². The van der Waals surface area contributed by atoms with Gasteiger partial charge in [-0.1, -0.05) is 0 Å². The lowest BCUT2D eigenvalue weighted by Gasteiger charge is -2.33. The number of pyridine rings is 1. The molecule has 7 heteroatoms. The highest BCUT2D eigenvalue weighted by atomic mass is 16.5. The van der Waals surface area contributed by atoms with Crippen LogP contribution in [-0.2, 0) is 16.0 Å². The summed E-state index contributed by atoms with van der Waals surface area (Å²) in [6.45, 7) is 7.53. The van der Waals surface area contributed by atoms with Crippen molar-refractivity contribution in [1.29, 1.82) is 0 Å². The fraction of sp³-hybridized carbons (Fsp3) is 0.625. The van der Waals surface area contributed by atoms with Crippen molar-refractivity contribution in [2.24, 2.45) is 0 Å². The van der Waals surface area contributed by atoms with Gasteiger partial charge in [-0.05, 0) is 24.6 Å². The number of hydrogen-bond acceptors (Lipinski definition) is 5. The lowest BCUT2D eigenvalue weighted by atomic mass is 10.2. The number of morpholine rings is 2. The van der Waals surface area contributed by atoms with Gasteiger partial charge in [-0.2, -0.15) is 0 Å². The van der Waals surface area contributed by atoms with Crippen LogP contribution in [0.15, 0.2) is 18.3 Å². The third kappa shape index (κ3) is 4.11. The minimum atomic E-state index is -0.0365. The predicted octanol–water partition coefficient (Wildman–Crippen LogP) is 0.849. The second kappa shape index (κ2) is 7.61. The summed E-state index contributed by atoms with van der Waals surface area (Å²) >= 11 is 0. The van der Waals surface area contributed by atoms with Gasteiger partial charge in [0.15, 0.2) is 0 Å². The summed E-state index contributed by atoms with van der Waals surface area (Å²) in [5, 5.41) is 2.99. The van der Waals surface area contributed by atoms with E-state index in [9.17, 15) is 4.79 Å². The zero-order valence-electron chi connectivity index (χ0n) is 13.5. The lowest BCUT2D eigenvalue weighted by Crippen LogP contribution is -2.51. The molecule has 3 heterocycles. The van der Waals surface area contributed by atoms with Crippen molar-refractivity contribution >= 4 is 11.8 Å². The molecule has 2 aliphatic heterocycles. The van der Waals surface area contributed by atoms with Gasteiger partial charge in [0, 0.05) is 32.4 Å². The highest BCUT2D eigenvalue weighted by Gasteiger charge is 2.23. The van der Waals surface area contributed by atoms with Gasteiger partial charge in [-0.25, -0.2) is 9.78 Å². The summed E-state index contributed by atoms with van der Waals surface area (Å²) in [6, 6.07) is 4.05. The van der Waals surface area contributed by atoms with E-state index in [-0.39, 0.29) is 12.1 Å². The SMILES string of the molecule is C[C@@H]1COCCN1C(=O)NCc1ccnc(N2CCOCC2)c1. The van der Waals surface area contributed by atoms with Crippen LogP contribution < -0.4 is 10.2 Å². The van der Waals surface area contributed by atoms with E-state index in [4.69, 9.17) is 9.47 Å². The largest absolute Gasteiger partial charge is 0.378 e. The summed E-state index contributed by atoms with van der Waals surface area (Å²) in [4.78, 5) is 20.7. The number of anilines is 1. The number of carbonyl (C=O) groups is 1. The van der Waals surface area contributed by atoms with Crippen molar-refractivity contribution in [1.82, 2.24) is 15.2 Å². The molecule has 1 N–H and O–H groups in total. The Balaban J connectivity index is 1.56. The number of hydrogen-bond donors (Lipinski definition) is 1. The molecule has 2 saturated heterocycles. The zero-order chi connectivity index (χ0) is 16.1. The molecule has 0 unspecified atom stereocenters. The van der Waals surface area contributed by atoms with Crippen molar-refractivity contribution in [3.05, 3.63) is 23.9 Å². The monoisotopic (exact) mass is 320 g/mol. The normalized spacial score (nSPS) is 22.0. The number of nitrogens with one attached hydrogen (secondary N) is 1. The Hall–Kier alpha value is -1.86. The molecule has 0 bridgehead atoms. The number of urea groups is 1. The van der Waals surface area contributed by atoms with E-state index in [2.05, 4.69) is 15.2 Å². The molecular weight excluding hydrogens is 296 g/mol. The summed E-state index contributed by atoms with van der Waals surface area (Å²) in [7, 11) is 0. The maximum atomic E-state index is 12.3. The molecule has 7 nitrogen and oxygen atoms in total. The first-order chi connectivity index (χ1) is 11.2. The maximum Gasteiger partial charge on any atom is 0.318 e. The molecule has 1 aromatic heterocycles. The Labute approximate surface area is 136 Å². The number of carbonyl (C=O) groups excluding carboxylic acids is 1. The summed E-state index contributed by atoms with van der Waals surface area (Å²) in [5.41, 5.74) is 1.05. The quantitative estimate of drug-likeness (QED) is 0.894. The molecule has 2 fully saturated rings. The van der Waals surface area contributed by atoms with Crippen LogP contribution in [0.25, 0.3) is 0 Å². The van der Waals surface area contributed by atoms with Crippen LogP contribution in [0.5, 0.6) is 0 Å². The van der Waals surface area contributed by atoms with Gasteiger partial charge >= 0.3 is 6.03 Å². The number of nitrogens with zero attached hydrogens (tertiary/aromatic N) is 3. The maximum absolute atomic E-state index is 12.3. The van der Waals surface area contributed by atoms with Crippen LogP contribution in [0.1, 0.15) is 12.5 Å². The number of aromatic nitrogens is 1. The Morgan fingerprint density at radius 2 is 2.09 bits per heavy atom. The average Bonchev–Trinajstić information content (AvgIpc) is 2.61. The second-order valence-corrected chi connectivity index (χ2v) is 5.90. The molecule has 126 valence electrons. The Kier molecular flexibility index (Phi) is 5.30. The molecule has 1 aromatic rings. The second-order valence-electron chi connectivity index (χ2n) is 5.90. The molecule has 0 saturated carbocycles. The predicted molar refractivity (Wildman–Crippen MR) is 86.5 cm³/mol. The van der Waals surface area contributed by atoms with Gasteiger partial charge in [0.2, 0.25) is 0 Å². The highest BCUT2D eigenvalue weighted by Crippen LogP contribution is 2.14. The molecule has 0 aliphatic carbocycles. The van der Waals surface area contributed by atoms with Crippen molar-refractivity contribution in [3.8, 4) is 0 Å². The van der Waals surface area contributed by atoms with Crippen molar-refractivity contribution < 1.29 is 14.3 Å². The summed E-state index contributed by atoms with van der Waals surface area (Å²) in [6.07, 6.45) is 1.80. The van der Waals surface area contributed by atoms with Gasteiger partial charge in [0.05, 0.1) is 32.5 Å². The summed E-state index contributed by atoms with van der Waals surface area (Å²) in [5.74, 6) is 0.944. The van der Waals surface area contributed by atoms with Crippen molar-refractivity contribution in [2.45, 2.75) is 19.5 Å². The van der Waals surface area contributed by atoms with Gasteiger partial charge in [-0.3, -0.25) is 0 Å². The first-order valence-electron chi connectivity index (χ1n) is 8.14. The average molecular weight is 320 g/mol. The van der Waals surface area contributed by atoms with E-state index < -0.39 is 0 Å². The van der Waals surface area contributed by atoms with Gasteiger partial charge in [-0.15, -0.1) is 0 Å². The molecule has 0 radical (unpaired) electrons. The molecule has 2 aliphatic rings. The topological polar surface area (TPSA) is 66.9 Å². The number of amides is 2. The van der Waals surface area contributed by atoms with E-state index in [0.717, 1.165) is 37.7 Å². The fourth-order valence-corrected chi connectivity index (χ4v) is 2.84. The van der Waals surface area contributed by atoms with Gasteiger partial charge < -0.3 is 24.6 Å². The number of ether oxygens (including phenoxy) is 2. The van der Waals surface area contributed by atoms with Crippen LogP contribution >= 0.6 is 0 Å². The molecular formula is C16H24N4O3. The number of rotatable bonds is 3. The summed E-state index contributed by atoms with van der Waals surface area (Å²) < 4.78 is 10.7. The van der Waals surface area contributed by atoms with Crippen LogP contribution in [0.3, 0.4) is 0 Å². The van der Waals surface area contributed by atoms with E-state index >= 15 is 0 Å².